The predicted molar refractivity (Wildman–Crippen MR) is 114 cm³/mol. The Hall–Kier alpha value is -2.70. The van der Waals surface area contributed by atoms with E-state index in [4.69, 9.17) is 9.47 Å². The Bertz CT molecular complexity index is 743. The van der Waals surface area contributed by atoms with E-state index in [1.807, 2.05) is 70.7 Å². The van der Waals surface area contributed by atoms with E-state index >= 15 is 0 Å². The Labute approximate surface area is 178 Å². The molecule has 1 saturated heterocycles. The summed E-state index contributed by atoms with van der Waals surface area (Å²) < 4.78 is 10.3. The number of carbonyl (C=O) groups excluding carboxylic acids is 2. The van der Waals surface area contributed by atoms with Crippen molar-refractivity contribution in [1.82, 2.24) is 10.0 Å². The van der Waals surface area contributed by atoms with Crippen molar-refractivity contribution in [1.29, 1.82) is 0 Å². The average Bonchev–Trinajstić information content (AvgIpc) is 2.78. The summed E-state index contributed by atoms with van der Waals surface area (Å²) in [5.41, 5.74) is 2.13. The van der Waals surface area contributed by atoms with Gasteiger partial charge in [-0.25, -0.2) is 10.0 Å². The number of ether oxygens (including phenoxy) is 2. The SMILES string of the molecule is COC(=O)[C@H]1CCCC[C@@H](C(=O)OC)N(Cc2ccccc2)N1Cc1ccccc1. The fraction of sp³-hybridized carbons (Fsp3) is 0.417. The summed E-state index contributed by atoms with van der Waals surface area (Å²) in [6.45, 7) is 1.00. The second-order valence-electron chi connectivity index (χ2n) is 7.53. The van der Waals surface area contributed by atoms with Crippen LogP contribution in [0.2, 0.25) is 0 Å². The van der Waals surface area contributed by atoms with Crippen molar-refractivity contribution in [3.05, 3.63) is 71.8 Å². The lowest BCUT2D eigenvalue weighted by Gasteiger charge is -2.44. The van der Waals surface area contributed by atoms with Crippen LogP contribution in [-0.2, 0) is 32.2 Å². The van der Waals surface area contributed by atoms with Crippen LogP contribution in [0.1, 0.15) is 36.8 Å². The van der Waals surface area contributed by atoms with Gasteiger partial charge in [0.15, 0.2) is 0 Å². The van der Waals surface area contributed by atoms with Gasteiger partial charge in [0.1, 0.15) is 12.1 Å². The van der Waals surface area contributed by atoms with Crippen LogP contribution in [-0.4, -0.2) is 48.3 Å². The number of methoxy groups -OCH3 is 2. The molecule has 0 spiro atoms. The van der Waals surface area contributed by atoms with Crippen molar-refractivity contribution in [2.75, 3.05) is 14.2 Å². The lowest BCUT2D eigenvalue weighted by atomic mass is 10.00. The van der Waals surface area contributed by atoms with Gasteiger partial charge in [-0.1, -0.05) is 73.5 Å². The Kier molecular flexibility index (Phi) is 7.99. The van der Waals surface area contributed by atoms with Gasteiger partial charge in [-0.3, -0.25) is 9.59 Å². The first-order chi connectivity index (χ1) is 14.6. The molecule has 0 saturated carbocycles. The maximum Gasteiger partial charge on any atom is 0.324 e. The Balaban J connectivity index is 2.04. The second kappa shape index (κ2) is 10.9. The molecule has 0 unspecified atom stereocenters. The number of hydrazine groups is 1. The molecule has 0 radical (unpaired) electrons. The van der Waals surface area contributed by atoms with Crippen LogP contribution in [0.3, 0.4) is 0 Å². The van der Waals surface area contributed by atoms with Crippen molar-refractivity contribution >= 4 is 11.9 Å². The molecule has 1 fully saturated rings. The van der Waals surface area contributed by atoms with Crippen LogP contribution in [0.5, 0.6) is 0 Å². The maximum atomic E-state index is 12.8. The number of hydrogen-bond acceptors (Lipinski definition) is 6. The van der Waals surface area contributed by atoms with Gasteiger partial charge in [0, 0.05) is 13.1 Å². The smallest absolute Gasteiger partial charge is 0.324 e. The predicted octanol–water partition coefficient (Wildman–Crippen LogP) is 3.56. The monoisotopic (exact) mass is 410 g/mol. The second-order valence-corrected chi connectivity index (χ2v) is 7.53. The molecule has 0 bridgehead atoms. The summed E-state index contributed by atoms with van der Waals surface area (Å²) in [6.07, 6.45) is 3.05. The van der Waals surface area contributed by atoms with Crippen LogP contribution in [0.4, 0.5) is 0 Å². The lowest BCUT2D eigenvalue weighted by Crippen LogP contribution is -2.58. The molecule has 6 nitrogen and oxygen atoms in total. The summed E-state index contributed by atoms with van der Waals surface area (Å²) in [4.78, 5) is 25.5. The summed E-state index contributed by atoms with van der Waals surface area (Å²) in [5.74, 6) is -0.566. The summed E-state index contributed by atoms with van der Waals surface area (Å²) in [5, 5.41) is 4.02. The van der Waals surface area contributed by atoms with E-state index in [1.165, 1.54) is 14.2 Å². The Morgan fingerprint density at radius 1 is 0.733 bits per heavy atom. The molecule has 160 valence electrons. The van der Waals surface area contributed by atoms with Crippen molar-refractivity contribution in [3.63, 3.8) is 0 Å². The molecule has 2 aromatic carbocycles. The molecule has 2 atom stereocenters. The van der Waals surface area contributed by atoms with E-state index in [1.54, 1.807) is 0 Å². The van der Waals surface area contributed by atoms with Gasteiger partial charge in [-0.15, -0.1) is 0 Å². The van der Waals surface area contributed by atoms with Crippen molar-refractivity contribution in [2.24, 2.45) is 0 Å². The van der Waals surface area contributed by atoms with Gasteiger partial charge in [0.05, 0.1) is 14.2 Å². The molecule has 0 aromatic heterocycles. The van der Waals surface area contributed by atoms with Gasteiger partial charge in [-0.05, 0) is 24.0 Å². The highest BCUT2D eigenvalue weighted by Gasteiger charge is 2.39. The van der Waals surface area contributed by atoms with E-state index in [0.29, 0.717) is 25.9 Å². The Morgan fingerprint density at radius 2 is 1.10 bits per heavy atom. The van der Waals surface area contributed by atoms with Gasteiger partial charge in [-0.2, -0.15) is 0 Å². The summed E-state index contributed by atoms with van der Waals surface area (Å²) >= 11 is 0. The maximum absolute atomic E-state index is 12.8. The molecule has 2 aromatic rings. The molecule has 6 heteroatoms. The van der Waals surface area contributed by atoms with Crippen LogP contribution < -0.4 is 0 Å². The summed E-state index contributed by atoms with van der Waals surface area (Å²) in [7, 11) is 2.84. The van der Waals surface area contributed by atoms with E-state index in [0.717, 1.165) is 24.0 Å². The Morgan fingerprint density at radius 3 is 1.43 bits per heavy atom. The molecular weight excluding hydrogens is 380 g/mol. The number of benzene rings is 2. The number of carbonyl (C=O) groups is 2. The minimum absolute atomic E-state index is 0.283. The molecule has 0 N–H and O–H groups in total. The lowest BCUT2D eigenvalue weighted by molar-refractivity contribution is -0.180. The molecule has 1 heterocycles. The van der Waals surface area contributed by atoms with E-state index in [-0.39, 0.29) is 11.9 Å². The van der Waals surface area contributed by atoms with Gasteiger partial charge in [0.2, 0.25) is 0 Å². The first-order valence-corrected chi connectivity index (χ1v) is 10.4. The normalized spacial score (nSPS) is 20.7. The van der Waals surface area contributed by atoms with Crippen LogP contribution >= 0.6 is 0 Å². The zero-order chi connectivity index (χ0) is 21.3. The molecule has 1 aliphatic heterocycles. The minimum Gasteiger partial charge on any atom is -0.468 e. The number of nitrogens with zero attached hydrogens (tertiary/aromatic N) is 2. The third-order valence-electron chi connectivity index (χ3n) is 5.58. The summed E-state index contributed by atoms with van der Waals surface area (Å²) in [6, 6.07) is 19.0. The number of hydrogen-bond donors (Lipinski definition) is 0. The van der Waals surface area contributed by atoms with Crippen molar-refractivity contribution in [3.8, 4) is 0 Å². The molecule has 0 aliphatic carbocycles. The van der Waals surface area contributed by atoms with Gasteiger partial charge < -0.3 is 9.47 Å². The van der Waals surface area contributed by atoms with E-state index < -0.39 is 12.1 Å². The zero-order valence-electron chi connectivity index (χ0n) is 17.7. The first-order valence-electron chi connectivity index (χ1n) is 10.4. The van der Waals surface area contributed by atoms with Crippen LogP contribution in [0.15, 0.2) is 60.7 Å². The average molecular weight is 411 g/mol. The highest BCUT2D eigenvalue weighted by atomic mass is 16.5. The molecular formula is C24H30N2O4. The fourth-order valence-corrected chi connectivity index (χ4v) is 4.03. The third-order valence-corrected chi connectivity index (χ3v) is 5.58. The quantitative estimate of drug-likeness (QED) is 0.679. The topological polar surface area (TPSA) is 59.1 Å². The zero-order valence-corrected chi connectivity index (χ0v) is 17.7. The van der Waals surface area contributed by atoms with E-state index in [9.17, 15) is 9.59 Å². The van der Waals surface area contributed by atoms with Crippen molar-refractivity contribution in [2.45, 2.75) is 50.9 Å². The largest absolute Gasteiger partial charge is 0.468 e. The fourth-order valence-electron chi connectivity index (χ4n) is 4.03. The standard InChI is InChI=1S/C24H30N2O4/c1-29-23(27)21-15-9-10-16-22(24(28)30-2)26(18-20-13-7-4-8-14-20)25(21)17-19-11-5-3-6-12-19/h3-8,11-14,21-22H,9-10,15-18H2,1-2H3/t21-,22+. The highest BCUT2D eigenvalue weighted by Crippen LogP contribution is 2.27. The minimum atomic E-state index is -0.466. The van der Waals surface area contributed by atoms with Gasteiger partial charge in [0.25, 0.3) is 0 Å². The van der Waals surface area contributed by atoms with Crippen molar-refractivity contribution < 1.29 is 19.1 Å². The first kappa shape index (κ1) is 22.0. The number of rotatable bonds is 6. The molecule has 30 heavy (non-hydrogen) atoms. The van der Waals surface area contributed by atoms with Gasteiger partial charge >= 0.3 is 11.9 Å². The van der Waals surface area contributed by atoms with Crippen LogP contribution in [0.25, 0.3) is 0 Å². The molecule has 1 aliphatic rings. The number of esters is 2. The molecule has 0 amide bonds. The molecule has 3 rings (SSSR count). The van der Waals surface area contributed by atoms with Crippen LogP contribution in [0, 0.1) is 0 Å². The third kappa shape index (κ3) is 5.46. The highest BCUT2D eigenvalue weighted by molar-refractivity contribution is 5.77. The van der Waals surface area contributed by atoms with E-state index in [2.05, 4.69) is 0 Å².